The summed E-state index contributed by atoms with van der Waals surface area (Å²) in [7, 11) is 1.54. The maximum absolute atomic E-state index is 13.0. The summed E-state index contributed by atoms with van der Waals surface area (Å²) < 4.78 is 27.8. The van der Waals surface area contributed by atoms with Crippen LogP contribution in [0.5, 0.6) is 11.5 Å². The number of rotatable bonds is 10. The van der Waals surface area contributed by atoms with Gasteiger partial charge in [0.2, 0.25) is 0 Å². The topological polar surface area (TPSA) is 101 Å². The van der Waals surface area contributed by atoms with Gasteiger partial charge in [-0.25, -0.2) is 9.59 Å². The van der Waals surface area contributed by atoms with Gasteiger partial charge in [0.1, 0.15) is 17.9 Å². The van der Waals surface area contributed by atoms with Gasteiger partial charge in [-0.3, -0.25) is 9.69 Å². The van der Waals surface area contributed by atoms with Gasteiger partial charge in [-0.05, 0) is 51.3 Å². The maximum Gasteiger partial charge on any atom is 0.343 e. The van der Waals surface area contributed by atoms with Gasteiger partial charge in [-0.15, -0.1) is 0 Å². The van der Waals surface area contributed by atoms with Crippen molar-refractivity contribution >= 4 is 17.9 Å². The standard InChI is InChI=1S/C30H35NO8/c1-19(11-13-25(32)38-21(3)31-14-16-36-17-15-31)10-12-23-27(35-4)20(2)24-18-37-30(34)26(24)28(23)39-29(33)22-8-6-5-7-9-22/h5-10,21H,11-18H2,1-4H3/b19-10+. The summed E-state index contributed by atoms with van der Waals surface area (Å²) in [6.07, 6.45) is 2.71. The highest BCUT2D eigenvalue weighted by Crippen LogP contribution is 2.43. The molecule has 1 fully saturated rings. The van der Waals surface area contributed by atoms with Gasteiger partial charge in [-0.2, -0.15) is 0 Å². The summed E-state index contributed by atoms with van der Waals surface area (Å²) in [5.41, 5.74) is 3.54. The molecule has 208 valence electrons. The highest BCUT2D eigenvalue weighted by Gasteiger charge is 2.34. The molecule has 0 aliphatic carbocycles. The van der Waals surface area contributed by atoms with Crippen LogP contribution >= 0.6 is 0 Å². The number of hydrogen-bond acceptors (Lipinski definition) is 9. The second-order valence-electron chi connectivity index (χ2n) is 9.64. The van der Waals surface area contributed by atoms with E-state index in [1.165, 1.54) is 0 Å². The van der Waals surface area contributed by atoms with Crippen LogP contribution in [-0.2, 0) is 32.0 Å². The van der Waals surface area contributed by atoms with Crippen LogP contribution in [0.25, 0.3) is 0 Å². The molecule has 39 heavy (non-hydrogen) atoms. The zero-order chi connectivity index (χ0) is 27.9. The summed E-state index contributed by atoms with van der Waals surface area (Å²) in [5.74, 6) is -0.710. The number of carbonyl (C=O) groups excluding carboxylic acids is 3. The Balaban J connectivity index is 1.51. The van der Waals surface area contributed by atoms with Crippen LogP contribution in [0, 0.1) is 6.92 Å². The third kappa shape index (κ3) is 6.66. The Bertz CT molecular complexity index is 1250. The average Bonchev–Trinajstić information content (AvgIpc) is 3.34. The molecule has 2 aromatic rings. The van der Waals surface area contributed by atoms with Crippen LogP contribution in [0.4, 0.5) is 0 Å². The number of fused-ring (bicyclic) bond motifs is 1. The van der Waals surface area contributed by atoms with Crippen molar-refractivity contribution in [3.63, 3.8) is 0 Å². The van der Waals surface area contributed by atoms with Crippen LogP contribution in [0.2, 0.25) is 0 Å². The number of ether oxygens (including phenoxy) is 5. The monoisotopic (exact) mass is 537 g/mol. The average molecular weight is 538 g/mol. The van der Waals surface area contributed by atoms with Crippen molar-refractivity contribution in [1.82, 2.24) is 4.90 Å². The number of esters is 3. The molecule has 2 aromatic carbocycles. The number of benzene rings is 2. The molecule has 2 heterocycles. The Hall–Kier alpha value is -3.69. The van der Waals surface area contributed by atoms with Gasteiger partial charge < -0.3 is 23.7 Å². The molecule has 1 atom stereocenters. The second kappa shape index (κ2) is 12.9. The minimum Gasteiger partial charge on any atom is -0.496 e. The lowest BCUT2D eigenvalue weighted by atomic mass is 9.94. The van der Waals surface area contributed by atoms with Crippen LogP contribution in [0.1, 0.15) is 64.1 Å². The summed E-state index contributed by atoms with van der Waals surface area (Å²) in [4.78, 5) is 40.2. The first-order chi connectivity index (χ1) is 18.8. The zero-order valence-corrected chi connectivity index (χ0v) is 22.9. The van der Waals surface area contributed by atoms with E-state index in [-0.39, 0.29) is 36.5 Å². The lowest BCUT2D eigenvalue weighted by molar-refractivity contribution is -0.161. The van der Waals surface area contributed by atoms with E-state index < -0.39 is 11.9 Å². The first-order valence-electron chi connectivity index (χ1n) is 13.1. The van der Waals surface area contributed by atoms with Crippen molar-refractivity contribution < 1.29 is 38.1 Å². The molecule has 0 N–H and O–H groups in total. The minimum absolute atomic E-state index is 0.0897. The Morgan fingerprint density at radius 2 is 1.82 bits per heavy atom. The summed E-state index contributed by atoms with van der Waals surface area (Å²) in [6.45, 7) is 8.49. The van der Waals surface area contributed by atoms with Crippen LogP contribution in [0.3, 0.4) is 0 Å². The first kappa shape index (κ1) is 28.3. The van der Waals surface area contributed by atoms with Crippen molar-refractivity contribution in [2.24, 2.45) is 0 Å². The van der Waals surface area contributed by atoms with Gasteiger partial charge in [0, 0.05) is 30.6 Å². The largest absolute Gasteiger partial charge is 0.496 e. The number of allylic oxidation sites excluding steroid dienone is 2. The summed E-state index contributed by atoms with van der Waals surface area (Å²) in [6, 6.07) is 8.58. The fraction of sp³-hybridized carbons (Fsp3) is 0.433. The maximum atomic E-state index is 13.0. The number of nitrogens with zero attached hydrogens (tertiary/aromatic N) is 1. The van der Waals surface area contributed by atoms with Crippen molar-refractivity contribution in [2.75, 3.05) is 33.4 Å². The SMILES string of the molecule is COc1c(C)c2c(c(OC(=O)c3ccccc3)c1C/C=C(\C)CCC(=O)OC(C)N1CCOCC1)C(=O)OC2. The third-order valence-corrected chi connectivity index (χ3v) is 7.07. The van der Waals surface area contributed by atoms with E-state index in [2.05, 4.69) is 4.90 Å². The van der Waals surface area contributed by atoms with Crippen LogP contribution in [0.15, 0.2) is 42.0 Å². The number of morpholine rings is 1. The normalized spacial score (nSPS) is 16.3. The second-order valence-corrected chi connectivity index (χ2v) is 9.64. The zero-order valence-electron chi connectivity index (χ0n) is 22.9. The van der Waals surface area contributed by atoms with E-state index in [0.29, 0.717) is 48.5 Å². The molecular formula is C30H35NO8. The molecule has 0 amide bonds. The Labute approximate surface area is 228 Å². The lowest BCUT2D eigenvalue weighted by Crippen LogP contribution is -2.44. The quantitative estimate of drug-likeness (QED) is 0.248. The van der Waals surface area contributed by atoms with E-state index >= 15 is 0 Å². The predicted octanol–water partition coefficient (Wildman–Crippen LogP) is 4.38. The van der Waals surface area contributed by atoms with Crippen molar-refractivity contribution in [3.05, 3.63) is 69.8 Å². The molecule has 0 saturated carbocycles. The summed E-state index contributed by atoms with van der Waals surface area (Å²) >= 11 is 0. The lowest BCUT2D eigenvalue weighted by Gasteiger charge is -2.31. The minimum atomic E-state index is -0.581. The number of cyclic esters (lactones) is 1. The highest BCUT2D eigenvalue weighted by molar-refractivity contribution is 6.00. The molecule has 2 aliphatic rings. The first-order valence-corrected chi connectivity index (χ1v) is 13.1. The molecule has 2 aliphatic heterocycles. The molecule has 1 unspecified atom stereocenters. The van der Waals surface area contributed by atoms with Crippen molar-refractivity contribution in [2.45, 2.75) is 52.9 Å². The number of methoxy groups -OCH3 is 1. The molecule has 0 spiro atoms. The summed E-state index contributed by atoms with van der Waals surface area (Å²) in [5, 5.41) is 0. The van der Waals surface area contributed by atoms with Crippen molar-refractivity contribution in [1.29, 1.82) is 0 Å². The van der Waals surface area contributed by atoms with Gasteiger partial charge in [0.15, 0.2) is 12.0 Å². The number of hydrogen-bond donors (Lipinski definition) is 0. The Morgan fingerprint density at radius 1 is 1.10 bits per heavy atom. The van der Waals surface area contributed by atoms with Gasteiger partial charge in [0.05, 0.1) is 25.9 Å². The Morgan fingerprint density at radius 3 is 2.51 bits per heavy atom. The predicted molar refractivity (Wildman–Crippen MR) is 143 cm³/mol. The van der Waals surface area contributed by atoms with Crippen LogP contribution < -0.4 is 9.47 Å². The van der Waals surface area contributed by atoms with Crippen LogP contribution in [-0.4, -0.2) is 62.4 Å². The molecule has 0 aromatic heterocycles. The fourth-order valence-corrected chi connectivity index (χ4v) is 4.79. The van der Waals surface area contributed by atoms with E-state index in [1.54, 1.807) is 37.4 Å². The molecule has 0 bridgehead atoms. The molecule has 1 saturated heterocycles. The molecule has 9 heteroatoms. The van der Waals surface area contributed by atoms with E-state index in [1.807, 2.05) is 26.8 Å². The van der Waals surface area contributed by atoms with Gasteiger partial charge >= 0.3 is 17.9 Å². The van der Waals surface area contributed by atoms with E-state index in [4.69, 9.17) is 23.7 Å². The smallest absolute Gasteiger partial charge is 0.343 e. The van der Waals surface area contributed by atoms with Gasteiger partial charge in [-0.1, -0.05) is 29.8 Å². The highest BCUT2D eigenvalue weighted by atomic mass is 16.6. The van der Waals surface area contributed by atoms with E-state index in [0.717, 1.165) is 24.2 Å². The Kier molecular flexibility index (Phi) is 9.37. The molecular weight excluding hydrogens is 502 g/mol. The van der Waals surface area contributed by atoms with Crippen molar-refractivity contribution in [3.8, 4) is 11.5 Å². The van der Waals surface area contributed by atoms with E-state index in [9.17, 15) is 14.4 Å². The third-order valence-electron chi connectivity index (χ3n) is 7.07. The molecule has 0 radical (unpaired) electrons. The molecule has 4 rings (SSSR count). The molecule has 9 nitrogen and oxygen atoms in total. The fourth-order valence-electron chi connectivity index (χ4n) is 4.79. The van der Waals surface area contributed by atoms with Gasteiger partial charge in [0.25, 0.3) is 0 Å². The number of carbonyl (C=O) groups is 3.